The van der Waals surface area contributed by atoms with Gasteiger partial charge in [-0.1, -0.05) is 56.3 Å². The van der Waals surface area contributed by atoms with Gasteiger partial charge >= 0.3 is 0 Å². The molecule has 31 heavy (non-hydrogen) atoms. The highest BCUT2D eigenvalue weighted by molar-refractivity contribution is 5.92. The lowest BCUT2D eigenvalue weighted by Crippen LogP contribution is -3.16. The van der Waals surface area contributed by atoms with Crippen LogP contribution in [0.15, 0.2) is 42.5 Å². The summed E-state index contributed by atoms with van der Waals surface area (Å²) < 4.78 is 0. The Kier molecular flexibility index (Phi) is 8.47. The fourth-order valence-electron chi connectivity index (χ4n) is 4.64. The van der Waals surface area contributed by atoms with Gasteiger partial charge in [0.25, 0.3) is 0 Å². The second-order valence-electron chi connectivity index (χ2n) is 9.30. The minimum absolute atomic E-state index is 0.0317. The van der Waals surface area contributed by atoms with Crippen molar-refractivity contribution in [3.63, 3.8) is 0 Å². The number of likely N-dealkylation sites (tertiary alicyclic amines) is 1. The predicted molar refractivity (Wildman–Crippen MR) is 126 cm³/mol. The number of nitrogens with one attached hydrogen (secondary N) is 3. The highest BCUT2D eigenvalue weighted by Crippen LogP contribution is 2.19. The smallest absolute Gasteiger partial charge is 0.242 e. The number of carbonyl (C=O) groups is 2. The largest absolute Gasteiger partial charge is 0.354 e. The van der Waals surface area contributed by atoms with Gasteiger partial charge in [-0.2, -0.15) is 0 Å². The summed E-state index contributed by atoms with van der Waals surface area (Å²) in [4.78, 5) is 27.2. The molecule has 5 heteroatoms. The maximum atomic E-state index is 12.8. The van der Waals surface area contributed by atoms with Crippen molar-refractivity contribution in [2.45, 2.75) is 65.0 Å². The number of piperidine rings is 1. The fraction of sp³-hybridized carbons (Fsp3) is 0.538. The molecule has 1 aliphatic rings. The summed E-state index contributed by atoms with van der Waals surface area (Å²) in [6.45, 7) is 9.28. The van der Waals surface area contributed by atoms with Crippen LogP contribution in [0, 0.1) is 5.92 Å². The summed E-state index contributed by atoms with van der Waals surface area (Å²) in [6, 6.07) is 14.3. The average Bonchev–Trinajstić information content (AvgIpc) is 2.76. The zero-order valence-corrected chi connectivity index (χ0v) is 19.2. The van der Waals surface area contributed by atoms with Gasteiger partial charge in [-0.25, -0.2) is 0 Å². The number of carbonyl (C=O) groups excluding carboxylic acids is 2. The molecule has 168 valence electrons. The Bertz CT molecular complexity index is 875. The van der Waals surface area contributed by atoms with Gasteiger partial charge < -0.3 is 15.5 Å². The van der Waals surface area contributed by atoms with E-state index in [1.54, 1.807) is 4.90 Å². The topological polar surface area (TPSA) is 62.6 Å². The summed E-state index contributed by atoms with van der Waals surface area (Å²) in [5, 5.41) is 8.23. The van der Waals surface area contributed by atoms with Crippen LogP contribution in [-0.4, -0.2) is 43.5 Å². The normalized spacial score (nSPS) is 19.9. The number of fused-ring (bicyclic) bond motifs is 1. The molecule has 1 aliphatic heterocycles. The molecule has 3 N–H and O–H groups in total. The standard InChI is InChI=1S/C26H37N3O2/c1-19(2)25(26(31)27-15-9-17-29-16-7-6-10-20(29)3)28-24(30)18-22-13-8-12-21-11-4-5-14-23(21)22/h4-5,8,11-14,19-20,25H,6-7,9-10,15-18H2,1-3H3,(H,27,31)(H,28,30)/p+1/t20-,25+/m1/s1. The zero-order valence-electron chi connectivity index (χ0n) is 19.2. The predicted octanol–water partition coefficient (Wildman–Crippen LogP) is 2.49. The first-order valence-corrected chi connectivity index (χ1v) is 11.8. The molecule has 2 aromatic carbocycles. The van der Waals surface area contributed by atoms with Gasteiger partial charge in [-0.3, -0.25) is 9.59 Å². The Morgan fingerprint density at radius 2 is 1.87 bits per heavy atom. The van der Waals surface area contributed by atoms with Crippen LogP contribution in [0.25, 0.3) is 10.8 Å². The maximum absolute atomic E-state index is 12.8. The molecule has 3 atom stereocenters. The van der Waals surface area contributed by atoms with Gasteiger partial charge in [0.05, 0.1) is 25.6 Å². The summed E-state index contributed by atoms with van der Waals surface area (Å²) >= 11 is 0. The molecule has 0 radical (unpaired) electrons. The van der Waals surface area contributed by atoms with Crippen molar-refractivity contribution < 1.29 is 14.5 Å². The van der Waals surface area contributed by atoms with Gasteiger partial charge in [-0.15, -0.1) is 0 Å². The average molecular weight is 425 g/mol. The SMILES string of the molecule is CC(C)[C@H](NC(=O)Cc1cccc2ccccc12)C(=O)NCCC[NH+]1CCCC[C@H]1C. The number of rotatable bonds is 9. The molecule has 1 saturated heterocycles. The van der Waals surface area contributed by atoms with Crippen molar-refractivity contribution in [3.05, 3.63) is 48.0 Å². The Morgan fingerprint density at radius 1 is 1.10 bits per heavy atom. The summed E-state index contributed by atoms with van der Waals surface area (Å²) in [6.07, 6.45) is 5.20. The monoisotopic (exact) mass is 424 g/mol. The quantitative estimate of drug-likeness (QED) is 0.542. The molecule has 1 unspecified atom stereocenters. The van der Waals surface area contributed by atoms with Crippen molar-refractivity contribution in [1.29, 1.82) is 0 Å². The molecular weight excluding hydrogens is 386 g/mol. The van der Waals surface area contributed by atoms with Gasteiger partial charge in [0.1, 0.15) is 6.04 Å². The van der Waals surface area contributed by atoms with Gasteiger partial charge in [0.15, 0.2) is 0 Å². The molecule has 1 heterocycles. The van der Waals surface area contributed by atoms with E-state index in [1.807, 2.05) is 56.3 Å². The molecule has 0 aromatic heterocycles. The lowest BCUT2D eigenvalue weighted by molar-refractivity contribution is -0.928. The van der Waals surface area contributed by atoms with Crippen molar-refractivity contribution in [2.75, 3.05) is 19.6 Å². The number of hydrogen-bond acceptors (Lipinski definition) is 2. The summed E-state index contributed by atoms with van der Waals surface area (Å²) in [5.74, 6) is -0.163. The van der Waals surface area contributed by atoms with Crippen molar-refractivity contribution in [3.8, 4) is 0 Å². The van der Waals surface area contributed by atoms with E-state index in [2.05, 4.69) is 17.6 Å². The molecule has 2 amide bonds. The molecule has 0 spiro atoms. The number of hydrogen-bond donors (Lipinski definition) is 3. The van der Waals surface area contributed by atoms with E-state index in [-0.39, 0.29) is 24.2 Å². The van der Waals surface area contributed by atoms with Crippen molar-refractivity contribution >= 4 is 22.6 Å². The van der Waals surface area contributed by atoms with E-state index < -0.39 is 6.04 Å². The Morgan fingerprint density at radius 3 is 2.65 bits per heavy atom. The number of quaternary nitrogens is 1. The first kappa shape index (κ1) is 23.3. The Hall–Kier alpha value is -2.40. The van der Waals surface area contributed by atoms with Crippen LogP contribution in [0.3, 0.4) is 0 Å². The number of benzene rings is 2. The van der Waals surface area contributed by atoms with Crippen LogP contribution >= 0.6 is 0 Å². The first-order chi connectivity index (χ1) is 15.0. The highest BCUT2D eigenvalue weighted by atomic mass is 16.2. The molecule has 0 bridgehead atoms. The molecule has 3 rings (SSSR count). The first-order valence-electron chi connectivity index (χ1n) is 11.8. The van der Waals surface area contributed by atoms with E-state index in [9.17, 15) is 9.59 Å². The van der Waals surface area contributed by atoms with E-state index in [4.69, 9.17) is 0 Å². The molecule has 5 nitrogen and oxygen atoms in total. The van der Waals surface area contributed by atoms with E-state index in [1.165, 1.54) is 25.8 Å². The highest BCUT2D eigenvalue weighted by Gasteiger charge is 2.25. The summed E-state index contributed by atoms with van der Waals surface area (Å²) in [7, 11) is 0. The summed E-state index contributed by atoms with van der Waals surface area (Å²) in [5.41, 5.74) is 0.983. The lowest BCUT2D eigenvalue weighted by Gasteiger charge is -2.30. The maximum Gasteiger partial charge on any atom is 0.242 e. The molecule has 0 aliphatic carbocycles. The second kappa shape index (κ2) is 11.3. The lowest BCUT2D eigenvalue weighted by atomic mass is 10.00. The molecular formula is C26H38N3O2+. The molecule has 1 fully saturated rings. The van der Waals surface area contributed by atoms with Gasteiger partial charge in [-0.05, 0) is 48.4 Å². The van der Waals surface area contributed by atoms with E-state index in [0.29, 0.717) is 6.54 Å². The minimum Gasteiger partial charge on any atom is -0.354 e. The van der Waals surface area contributed by atoms with Crippen LogP contribution in [0.2, 0.25) is 0 Å². The third-order valence-corrected chi connectivity index (χ3v) is 6.55. The molecule has 0 saturated carbocycles. The second-order valence-corrected chi connectivity index (χ2v) is 9.30. The van der Waals surface area contributed by atoms with Crippen LogP contribution in [0.5, 0.6) is 0 Å². The van der Waals surface area contributed by atoms with Gasteiger partial charge in [0.2, 0.25) is 11.8 Å². The van der Waals surface area contributed by atoms with Crippen LogP contribution in [-0.2, 0) is 16.0 Å². The van der Waals surface area contributed by atoms with Crippen molar-refractivity contribution in [2.24, 2.45) is 5.92 Å². The van der Waals surface area contributed by atoms with Crippen LogP contribution in [0.4, 0.5) is 0 Å². The fourth-order valence-corrected chi connectivity index (χ4v) is 4.64. The van der Waals surface area contributed by atoms with Crippen LogP contribution < -0.4 is 15.5 Å². The van der Waals surface area contributed by atoms with E-state index in [0.717, 1.165) is 35.3 Å². The van der Waals surface area contributed by atoms with Crippen molar-refractivity contribution in [1.82, 2.24) is 10.6 Å². The van der Waals surface area contributed by atoms with Crippen LogP contribution in [0.1, 0.15) is 52.0 Å². The number of amides is 2. The third kappa shape index (κ3) is 6.54. The third-order valence-electron chi connectivity index (χ3n) is 6.55. The Balaban J connectivity index is 1.50. The van der Waals surface area contributed by atoms with E-state index >= 15 is 0 Å². The van der Waals surface area contributed by atoms with Gasteiger partial charge in [0, 0.05) is 13.0 Å². The molecule has 2 aromatic rings. The Labute approximate surface area is 186 Å². The minimum atomic E-state index is -0.510. The zero-order chi connectivity index (χ0) is 22.2.